The van der Waals surface area contributed by atoms with Gasteiger partial charge in [-0.2, -0.15) is 0 Å². The third-order valence-electron chi connectivity index (χ3n) is 2.55. The molecule has 0 spiro atoms. The normalized spacial score (nSPS) is 10.8. The van der Waals surface area contributed by atoms with Crippen LogP contribution < -0.4 is 0 Å². The van der Waals surface area contributed by atoms with E-state index in [2.05, 4.69) is 37.8 Å². The highest BCUT2D eigenvalue weighted by Gasteiger charge is 2.11. The first-order chi connectivity index (χ1) is 6.67. The number of aromatic nitrogens is 1. The summed E-state index contributed by atoms with van der Waals surface area (Å²) < 4.78 is 2.16. The highest BCUT2D eigenvalue weighted by Crippen LogP contribution is 2.24. The molecule has 14 heavy (non-hydrogen) atoms. The molecular weight excluding hydrogens is 170 g/mol. The van der Waals surface area contributed by atoms with E-state index in [1.807, 2.05) is 25.2 Å². The Morgan fingerprint density at radius 2 is 1.71 bits per heavy atom. The minimum atomic E-state index is 1.16. The lowest BCUT2D eigenvalue weighted by Gasteiger charge is -2.00. The minimum Gasteiger partial charge on any atom is -0.347 e. The average Bonchev–Trinajstić information content (AvgIpc) is 2.42. The van der Waals surface area contributed by atoms with Crippen molar-refractivity contribution in [2.45, 2.75) is 13.8 Å². The van der Waals surface area contributed by atoms with Crippen LogP contribution in [0, 0.1) is 6.92 Å². The van der Waals surface area contributed by atoms with E-state index < -0.39 is 0 Å². The third-order valence-corrected chi connectivity index (χ3v) is 2.55. The molecule has 1 aromatic heterocycles. The van der Waals surface area contributed by atoms with Gasteiger partial charge in [0.25, 0.3) is 0 Å². The highest BCUT2D eigenvalue weighted by molar-refractivity contribution is 5.74. The molecule has 1 heteroatoms. The Balaban J connectivity index is 3.55. The van der Waals surface area contributed by atoms with E-state index in [9.17, 15) is 0 Å². The number of hydrogen-bond acceptors (Lipinski definition) is 0. The molecular formula is C13H17N. The zero-order valence-corrected chi connectivity index (χ0v) is 9.17. The molecule has 0 saturated carbocycles. The molecule has 1 heterocycles. The summed E-state index contributed by atoms with van der Waals surface area (Å²) >= 11 is 0. The van der Waals surface area contributed by atoms with Crippen LogP contribution in [0.1, 0.15) is 29.4 Å². The molecule has 0 bridgehead atoms. The van der Waals surface area contributed by atoms with E-state index in [-0.39, 0.29) is 0 Å². The first-order valence-electron chi connectivity index (χ1n) is 4.74. The summed E-state index contributed by atoms with van der Waals surface area (Å²) in [6.45, 7) is 11.8. The summed E-state index contributed by atoms with van der Waals surface area (Å²) in [7, 11) is 2.06. The van der Waals surface area contributed by atoms with Gasteiger partial charge in [0, 0.05) is 29.6 Å². The predicted molar refractivity (Wildman–Crippen MR) is 65.0 cm³/mol. The van der Waals surface area contributed by atoms with E-state index in [4.69, 9.17) is 0 Å². The van der Waals surface area contributed by atoms with Gasteiger partial charge < -0.3 is 4.57 Å². The van der Waals surface area contributed by atoms with Gasteiger partial charge in [-0.1, -0.05) is 31.4 Å². The summed E-state index contributed by atoms with van der Waals surface area (Å²) in [5, 5.41) is 0. The van der Waals surface area contributed by atoms with Crippen molar-refractivity contribution in [3.63, 3.8) is 0 Å². The van der Waals surface area contributed by atoms with Crippen molar-refractivity contribution in [2.75, 3.05) is 0 Å². The van der Waals surface area contributed by atoms with Crippen molar-refractivity contribution >= 4 is 18.2 Å². The van der Waals surface area contributed by atoms with Gasteiger partial charge in [-0.25, -0.2) is 0 Å². The van der Waals surface area contributed by atoms with Gasteiger partial charge in [0.2, 0.25) is 0 Å². The van der Waals surface area contributed by atoms with Crippen molar-refractivity contribution < 1.29 is 0 Å². The summed E-state index contributed by atoms with van der Waals surface area (Å²) in [5.74, 6) is 0. The number of nitrogens with zero attached hydrogens (tertiary/aromatic N) is 1. The molecule has 0 radical (unpaired) electrons. The van der Waals surface area contributed by atoms with Crippen LogP contribution in [0.5, 0.6) is 0 Å². The molecule has 0 N–H and O–H groups in total. The lowest BCUT2D eigenvalue weighted by molar-refractivity contribution is 0.869. The predicted octanol–water partition coefficient (Wildman–Crippen LogP) is 3.65. The molecule has 0 aliphatic heterocycles. The van der Waals surface area contributed by atoms with E-state index in [0.717, 1.165) is 5.56 Å². The van der Waals surface area contributed by atoms with Gasteiger partial charge in [0.05, 0.1) is 0 Å². The molecule has 0 unspecified atom stereocenters. The van der Waals surface area contributed by atoms with Gasteiger partial charge in [-0.15, -0.1) is 0 Å². The Morgan fingerprint density at radius 1 is 1.14 bits per heavy atom. The highest BCUT2D eigenvalue weighted by atomic mass is 15.0. The van der Waals surface area contributed by atoms with Gasteiger partial charge in [-0.3, -0.25) is 0 Å². The monoisotopic (exact) mass is 187 g/mol. The van der Waals surface area contributed by atoms with Crippen LogP contribution in [0.15, 0.2) is 19.2 Å². The van der Waals surface area contributed by atoms with Crippen molar-refractivity contribution in [1.29, 1.82) is 0 Å². The van der Waals surface area contributed by atoms with Gasteiger partial charge in [0.15, 0.2) is 0 Å². The van der Waals surface area contributed by atoms with E-state index in [1.54, 1.807) is 0 Å². The van der Waals surface area contributed by atoms with E-state index >= 15 is 0 Å². The lowest BCUT2D eigenvalue weighted by atomic mass is 10.1. The maximum absolute atomic E-state index is 3.84. The zero-order valence-electron chi connectivity index (χ0n) is 9.17. The van der Waals surface area contributed by atoms with Crippen LogP contribution in [0.25, 0.3) is 18.2 Å². The second-order valence-corrected chi connectivity index (χ2v) is 3.27. The smallest absolute Gasteiger partial charge is 0.0482 e. The van der Waals surface area contributed by atoms with Crippen molar-refractivity contribution in [2.24, 2.45) is 7.05 Å². The molecule has 74 valence electrons. The first-order valence-corrected chi connectivity index (χ1v) is 4.74. The van der Waals surface area contributed by atoms with Crippen molar-refractivity contribution in [1.82, 2.24) is 4.57 Å². The van der Waals surface area contributed by atoms with Crippen LogP contribution in [0.4, 0.5) is 0 Å². The molecule has 0 fully saturated rings. The van der Waals surface area contributed by atoms with Crippen molar-refractivity contribution in [3.8, 4) is 0 Å². The molecule has 0 aliphatic rings. The maximum atomic E-state index is 3.84. The second kappa shape index (κ2) is 4.14. The zero-order chi connectivity index (χ0) is 10.7. The summed E-state index contributed by atoms with van der Waals surface area (Å²) in [6.07, 6.45) is 7.91. The third kappa shape index (κ3) is 1.46. The first kappa shape index (κ1) is 10.6. The quantitative estimate of drug-likeness (QED) is 0.680. The van der Waals surface area contributed by atoms with E-state index in [0.29, 0.717) is 0 Å². The lowest BCUT2D eigenvalue weighted by Crippen LogP contribution is -1.93. The Kier molecular flexibility index (Phi) is 3.13. The average molecular weight is 187 g/mol. The molecule has 1 nitrogen and oxygen atoms in total. The van der Waals surface area contributed by atoms with E-state index in [1.165, 1.54) is 17.0 Å². The Bertz CT molecular complexity index is 392. The minimum absolute atomic E-state index is 1.16. The largest absolute Gasteiger partial charge is 0.347 e. The van der Waals surface area contributed by atoms with Crippen molar-refractivity contribution in [3.05, 3.63) is 41.7 Å². The fourth-order valence-corrected chi connectivity index (χ4v) is 1.71. The standard InChI is InChI=1S/C13H17N/c1-6-9-13-12(8-3)11(7-2)10(4)14(13)5/h6-9H,2-3H2,1,4-5H3/b9-6-. The Hall–Kier alpha value is -1.50. The van der Waals surface area contributed by atoms with Crippen LogP contribution in [0.2, 0.25) is 0 Å². The maximum Gasteiger partial charge on any atom is 0.0482 e. The topological polar surface area (TPSA) is 4.93 Å². The summed E-state index contributed by atoms with van der Waals surface area (Å²) in [4.78, 5) is 0. The fourth-order valence-electron chi connectivity index (χ4n) is 1.71. The van der Waals surface area contributed by atoms with Crippen LogP contribution in [0.3, 0.4) is 0 Å². The number of hydrogen-bond donors (Lipinski definition) is 0. The number of rotatable bonds is 3. The second-order valence-electron chi connectivity index (χ2n) is 3.27. The van der Waals surface area contributed by atoms with Gasteiger partial charge in [0.1, 0.15) is 0 Å². The van der Waals surface area contributed by atoms with Crippen LogP contribution in [-0.4, -0.2) is 4.57 Å². The molecule has 1 rings (SSSR count). The fraction of sp³-hybridized carbons (Fsp3) is 0.231. The van der Waals surface area contributed by atoms with Gasteiger partial charge in [-0.05, 0) is 19.9 Å². The van der Waals surface area contributed by atoms with Gasteiger partial charge >= 0.3 is 0 Å². The molecule has 0 amide bonds. The molecule has 0 aromatic carbocycles. The Morgan fingerprint density at radius 3 is 2.14 bits per heavy atom. The van der Waals surface area contributed by atoms with Crippen LogP contribution in [-0.2, 0) is 7.05 Å². The number of allylic oxidation sites excluding steroid dienone is 1. The Labute approximate surface area is 86.1 Å². The SMILES string of the molecule is C=Cc1c(C=C)c(/C=C\C)n(C)c1C. The molecule has 0 saturated heterocycles. The molecule has 0 atom stereocenters. The molecule has 0 aliphatic carbocycles. The summed E-state index contributed by atoms with van der Waals surface area (Å²) in [6, 6.07) is 0. The van der Waals surface area contributed by atoms with Crippen LogP contribution >= 0.6 is 0 Å². The molecule has 1 aromatic rings. The summed E-state index contributed by atoms with van der Waals surface area (Å²) in [5.41, 5.74) is 4.76.